The van der Waals surface area contributed by atoms with Crippen LogP contribution in [0.5, 0.6) is 0 Å². The van der Waals surface area contributed by atoms with Gasteiger partial charge in [-0.05, 0) is 50.4 Å². The van der Waals surface area contributed by atoms with E-state index in [4.69, 9.17) is 4.52 Å². The molecular weight excluding hydrogens is 349 g/mol. The molecule has 1 atom stereocenters. The third kappa shape index (κ3) is 4.33. The highest BCUT2D eigenvalue weighted by atomic mass is 19.1. The number of carbonyl (C=O) groups is 1. The number of benzene rings is 1. The van der Waals surface area contributed by atoms with Crippen molar-refractivity contribution in [3.05, 3.63) is 41.7 Å². The van der Waals surface area contributed by atoms with Crippen molar-refractivity contribution in [1.29, 1.82) is 0 Å². The van der Waals surface area contributed by atoms with Crippen LogP contribution in [0.4, 0.5) is 10.2 Å². The number of piperidine rings is 1. The standard InChI is InChI=1S/C19H22FN5O2/c1-12-7-18(24-27-12)23-19(26)11-25-6-2-3-13(10-25)8-17-21-15-5-4-14(20)9-16(15)22-17/h4-5,7,9,13H,2-3,6,8,10-11H2,1H3,(H,21,22)(H,23,24,26)/t13-/m0/s1. The van der Waals surface area contributed by atoms with Gasteiger partial charge < -0.3 is 14.8 Å². The number of hydrogen-bond donors (Lipinski definition) is 2. The quantitative estimate of drug-likeness (QED) is 0.720. The number of carbonyl (C=O) groups excluding carboxylic acids is 1. The average molecular weight is 371 g/mol. The molecule has 4 rings (SSSR count). The molecule has 1 fully saturated rings. The first-order chi connectivity index (χ1) is 13.0. The summed E-state index contributed by atoms with van der Waals surface area (Å²) in [6, 6.07) is 6.27. The molecule has 0 aliphatic carbocycles. The van der Waals surface area contributed by atoms with Gasteiger partial charge in [-0.25, -0.2) is 9.37 Å². The number of halogens is 1. The Hall–Kier alpha value is -2.74. The molecule has 1 saturated heterocycles. The Kier molecular flexibility index (Phi) is 4.89. The monoisotopic (exact) mass is 371 g/mol. The van der Waals surface area contributed by atoms with Crippen molar-refractivity contribution < 1.29 is 13.7 Å². The van der Waals surface area contributed by atoms with Gasteiger partial charge in [0.05, 0.1) is 17.6 Å². The van der Waals surface area contributed by atoms with Crippen LogP contribution in [0.3, 0.4) is 0 Å². The van der Waals surface area contributed by atoms with Crippen LogP contribution in [0, 0.1) is 18.7 Å². The Bertz CT molecular complexity index is 951. The van der Waals surface area contributed by atoms with E-state index >= 15 is 0 Å². The number of aryl methyl sites for hydroxylation is 1. The minimum Gasteiger partial charge on any atom is -0.360 e. The maximum Gasteiger partial charge on any atom is 0.239 e. The van der Waals surface area contributed by atoms with E-state index in [1.165, 1.54) is 12.1 Å². The molecule has 2 N–H and O–H groups in total. The van der Waals surface area contributed by atoms with Crippen LogP contribution in [0.25, 0.3) is 11.0 Å². The van der Waals surface area contributed by atoms with E-state index < -0.39 is 0 Å². The van der Waals surface area contributed by atoms with Crippen LogP contribution < -0.4 is 5.32 Å². The zero-order chi connectivity index (χ0) is 18.8. The van der Waals surface area contributed by atoms with Gasteiger partial charge in [0.2, 0.25) is 5.91 Å². The van der Waals surface area contributed by atoms with E-state index in [9.17, 15) is 9.18 Å². The maximum absolute atomic E-state index is 13.3. The first kappa shape index (κ1) is 17.7. The molecule has 0 unspecified atom stereocenters. The molecule has 0 radical (unpaired) electrons. The SMILES string of the molecule is Cc1cc(NC(=O)CN2CCC[C@@H](Cc3nc4ccc(F)cc4[nH]3)C2)no1. The number of nitrogens with one attached hydrogen (secondary N) is 2. The highest BCUT2D eigenvalue weighted by molar-refractivity contribution is 5.91. The molecule has 7 nitrogen and oxygen atoms in total. The van der Waals surface area contributed by atoms with E-state index in [1.54, 1.807) is 19.1 Å². The minimum absolute atomic E-state index is 0.0943. The molecule has 3 heterocycles. The molecule has 1 aliphatic heterocycles. The second-order valence-corrected chi connectivity index (χ2v) is 7.16. The summed E-state index contributed by atoms with van der Waals surface area (Å²) in [6.07, 6.45) is 2.92. The Morgan fingerprint density at radius 2 is 2.33 bits per heavy atom. The number of aromatic amines is 1. The summed E-state index contributed by atoms with van der Waals surface area (Å²) in [5, 5.41) is 6.54. The summed E-state index contributed by atoms with van der Waals surface area (Å²) in [5.74, 6) is 2.02. The van der Waals surface area contributed by atoms with Gasteiger partial charge in [-0.15, -0.1) is 0 Å². The lowest BCUT2D eigenvalue weighted by Gasteiger charge is -2.31. The van der Waals surface area contributed by atoms with Gasteiger partial charge in [-0.2, -0.15) is 0 Å². The molecule has 1 amide bonds. The molecule has 1 aliphatic rings. The van der Waals surface area contributed by atoms with E-state index in [1.807, 2.05) is 0 Å². The van der Waals surface area contributed by atoms with Crippen LogP contribution >= 0.6 is 0 Å². The van der Waals surface area contributed by atoms with Crippen molar-refractivity contribution in [2.24, 2.45) is 5.92 Å². The van der Waals surface area contributed by atoms with Gasteiger partial charge in [0.1, 0.15) is 17.4 Å². The number of aromatic nitrogens is 3. The van der Waals surface area contributed by atoms with Gasteiger partial charge in [-0.3, -0.25) is 9.69 Å². The summed E-state index contributed by atoms with van der Waals surface area (Å²) >= 11 is 0. The topological polar surface area (TPSA) is 87.0 Å². The predicted octanol–water partition coefficient (Wildman–Crippen LogP) is 2.89. The lowest BCUT2D eigenvalue weighted by molar-refractivity contribution is -0.117. The fraction of sp³-hybridized carbons (Fsp3) is 0.421. The van der Waals surface area contributed by atoms with E-state index in [2.05, 4.69) is 25.3 Å². The van der Waals surface area contributed by atoms with Crippen LogP contribution in [0.2, 0.25) is 0 Å². The van der Waals surface area contributed by atoms with Crippen LogP contribution in [-0.2, 0) is 11.2 Å². The third-order valence-corrected chi connectivity index (χ3v) is 4.84. The Morgan fingerprint density at radius 1 is 1.44 bits per heavy atom. The Morgan fingerprint density at radius 3 is 3.15 bits per heavy atom. The van der Waals surface area contributed by atoms with Crippen molar-refractivity contribution in [2.75, 3.05) is 25.0 Å². The normalized spacial score (nSPS) is 18.1. The van der Waals surface area contributed by atoms with Crippen molar-refractivity contribution in [3.63, 3.8) is 0 Å². The second-order valence-electron chi connectivity index (χ2n) is 7.16. The third-order valence-electron chi connectivity index (χ3n) is 4.84. The lowest BCUT2D eigenvalue weighted by Crippen LogP contribution is -2.41. The molecular formula is C19H22FN5O2. The zero-order valence-corrected chi connectivity index (χ0v) is 15.2. The molecule has 27 heavy (non-hydrogen) atoms. The lowest BCUT2D eigenvalue weighted by atomic mass is 9.94. The van der Waals surface area contributed by atoms with Gasteiger partial charge in [0.25, 0.3) is 0 Å². The first-order valence-electron chi connectivity index (χ1n) is 9.15. The number of H-pyrrole nitrogens is 1. The number of anilines is 1. The number of likely N-dealkylation sites (tertiary alicyclic amines) is 1. The van der Waals surface area contributed by atoms with Gasteiger partial charge in [0, 0.05) is 19.0 Å². The summed E-state index contributed by atoms with van der Waals surface area (Å²) in [5.41, 5.74) is 1.50. The number of imidazole rings is 1. The number of hydrogen-bond acceptors (Lipinski definition) is 5. The van der Waals surface area contributed by atoms with Crippen molar-refractivity contribution in [2.45, 2.75) is 26.2 Å². The molecule has 2 aromatic heterocycles. The number of rotatable bonds is 5. The molecule has 3 aromatic rings. The van der Waals surface area contributed by atoms with Gasteiger partial charge >= 0.3 is 0 Å². The number of amides is 1. The van der Waals surface area contributed by atoms with Gasteiger partial charge in [0.15, 0.2) is 5.82 Å². The molecule has 1 aromatic carbocycles. The summed E-state index contributed by atoms with van der Waals surface area (Å²) < 4.78 is 18.3. The smallest absolute Gasteiger partial charge is 0.239 e. The molecule has 0 bridgehead atoms. The predicted molar refractivity (Wildman–Crippen MR) is 98.8 cm³/mol. The Labute approximate surface area is 155 Å². The van der Waals surface area contributed by atoms with E-state index in [-0.39, 0.29) is 11.7 Å². The zero-order valence-electron chi connectivity index (χ0n) is 15.2. The van der Waals surface area contributed by atoms with E-state index in [0.29, 0.717) is 24.0 Å². The summed E-state index contributed by atoms with van der Waals surface area (Å²) in [6.45, 7) is 3.84. The van der Waals surface area contributed by atoms with Crippen LogP contribution in [-0.4, -0.2) is 45.6 Å². The molecule has 8 heteroatoms. The van der Waals surface area contributed by atoms with Crippen molar-refractivity contribution in [1.82, 2.24) is 20.0 Å². The summed E-state index contributed by atoms with van der Waals surface area (Å²) in [7, 11) is 0. The first-order valence-corrected chi connectivity index (χ1v) is 9.15. The highest BCUT2D eigenvalue weighted by Gasteiger charge is 2.23. The maximum atomic E-state index is 13.3. The molecule has 142 valence electrons. The Balaban J connectivity index is 1.33. The minimum atomic E-state index is -0.269. The van der Waals surface area contributed by atoms with Crippen LogP contribution in [0.1, 0.15) is 24.4 Å². The molecule has 0 spiro atoms. The van der Waals surface area contributed by atoms with Crippen molar-refractivity contribution in [3.8, 4) is 0 Å². The van der Waals surface area contributed by atoms with Gasteiger partial charge in [-0.1, -0.05) is 5.16 Å². The van der Waals surface area contributed by atoms with Crippen molar-refractivity contribution >= 4 is 22.8 Å². The highest BCUT2D eigenvalue weighted by Crippen LogP contribution is 2.21. The second kappa shape index (κ2) is 7.48. The fourth-order valence-corrected chi connectivity index (χ4v) is 3.68. The number of fused-ring (bicyclic) bond motifs is 1. The molecule has 0 saturated carbocycles. The average Bonchev–Trinajstić information content (AvgIpc) is 3.20. The van der Waals surface area contributed by atoms with Crippen LogP contribution in [0.15, 0.2) is 28.8 Å². The van der Waals surface area contributed by atoms with E-state index in [0.717, 1.165) is 49.2 Å². The largest absolute Gasteiger partial charge is 0.360 e. The number of nitrogens with zero attached hydrogens (tertiary/aromatic N) is 3. The summed E-state index contributed by atoms with van der Waals surface area (Å²) in [4.78, 5) is 22.1. The fourth-order valence-electron chi connectivity index (χ4n) is 3.68.